The summed E-state index contributed by atoms with van der Waals surface area (Å²) in [6, 6.07) is -0.202. The van der Waals surface area contributed by atoms with E-state index in [0.29, 0.717) is 18.2 Å². The summed E-state index contributed by atoms with van der Waals surface area (Å²) in [5.41, 5.74) is 1.90. The predicted molar refractivity (Wildman–Crippen MR) is 81.6 cm³/mol. The van der Waals surface area contributed by atoms with Crippen molar-refractivity contribution in [3.63, 3.8) is 0 Å². The Morgan fingerprint density at radius 3 is 2.82 bits per heavy atom. The Kier molecular flexibility index (Phi) is 4.10. The lowest BCUT2D eigenvalue weighted by Gasteiger charge is -2.25. The fourth-order valence-electron chi connectivity index (χ4n) is 3.34. The van der Waals surface area contributed by atoms with Crippen molar-refractivity contribution in [1.82, 2.24) is 24.9 Å². The molecule has 2 fully saturated rings. The Balaban J connectivity index is 1.76. The maximum absolute atomic E-state index is 12.3. The van der Waals surface area contributed by atoms with Gasteiger partial charge in [0.1, 0.15) is 5.15 Å². The molecule has 0 aromatic carbocycles. The minimum absolute atomic E-state index is 0.0933. The number of aryl methyl sites for hydroxylation is 2. The Morgan fingerprint density at radius 1 is 1.45 bits per heavy atom. The average Bonchev–Trinajstić information content (AvgIpc) is 3.13. The topological polar surface area (TPSA) is 70.5 Å². The molecule has 3 heterocycles. The van der Waals surface area contributed by atoms with Gasteiger partial charge in [0.25, 0.3) is 0 Å². The molecule has 3 amide bonds. The number of urea groups is 1. The normalized spacial score (nSPS) is 22.4. The van der Waals surface area contributed by atoms with Gasteiger partial charge in [-0.3, -0.25) is 19.3 Å². The van der Waals surface area contributed by atoms with Crippen LogP contribution in [0, 0.1) is 6.92 Å². The number of hydrogen-bond acceptors (Lipinski definition) is 4. The highest BCUT2D eigenvalue weighted by molar-refractivity contribution is 6.30. The zero-order chi connectivity index (χ0) is 15.9. The number of carbonyl (C=O) groups excluding carboxylic acids is 2. The molecular weight excluding hydrogens is 306 g/mol. The first kappa shape index (κ1) is 15.3. The molecule has 0 spiro atoms. The maximum atomic E-state index is 12.3. The molecule has 0 radical (unpaired) electrons. The van der Waals surface area contributed by atoms with Crippen LogP contribution >= 0.6 is 11.6 Å². The van der Waals surface area contributed by atoms with Gasteiger partial charge in [-0.1, -0.05) is 11.6 Å². The largest absolute Gasteiger partial charge is 0.336 e. The van der Waals surface area contributed by atoms with Crippen LogP contribution in [0.2, 0.25) is 5.15 Å². The van der Waals surface area contributed by atoms with E-state index < -0.39 is 0 Å². The van der Waals surface area contributed by atoms with Crippen molar-refractivity contribution < 1.29 is 9.59 Å². The van der Waals surface area contributed by atoms with E-state index >= 15 is 0 Å². The number of likely N-dealkylation sites (tertiary alicyclic amines) is 1. The molecule has 1 aromatic rings. The van der Waals surface area contributed by atoms with Crippen molar-refractivity contribution in [3.8, 4) is 0 Å². The number of hydrogen-bond donors (Lipinski definition) is 1. The molecule has 1 unspecified atom stereocenters. The van der Waals surface area contributed by atoms with Crippen LogP contribution in [0.3, 0.4) is 0 Å². The number of imide groups is 1. The molecule has 1 atom stereocenters. The van der Waals surface area contributed by atoms with Gasteiger partial charge < -0.3 is 5.32 Å². The van der Waals surface area contributed by atoms with Crippen molar-refractivity contribution in [1.29, 1.82) is 0 Å². The molecule has 2 aliphatic rings. The Bertz CT molecular complexity index is 615. The molecule has 8 heteroatoms. The molecule has 7 nitrogen and oxygen atoms in total. The fraction of sp³-hybridized carbons (Fsp3) is 0.643. The van der Waals surface area contributed by atoms with Crippen molar-refractivity contribution in [2.45, 2.75) is 25.8 Å². The van der Waals surface area contributed by atoms with Gasteiger partial charge in [0.15, 0.2) is 0 Å². The van der Waals surface area contributed by atoms with Gasteiger partial charge in [-0.2, -0.15) is 5.10 Å². The van der Waals surface area contributed by atoms with Gasteiger partial charge in [0.05, 0.1) is 12.2 Å². The second-order valence-corrected chi connectivity index (χ2v) is 6.18. The smallest absolute Gasteiger partial charge is 0.324 e. The maximum Gasteiger partial charge on any atom is 0.324 e. The monoisotopic (exact) mass is 325 g/mol. The number of amides is 3. The standard InChI is InChI=1S/C14H20ClN5O2/c1-9-12(13(15)18(2)17-9)10-4-3-6-19(10)8-11(21)20-7-5-16-14(20)22/h10H,3-8H2,1-2H3,(H,16,22). The van der Waals surface area contributed by atoms with Crippen molar-refractivity contribution in [2.75, 3.05) is 26.2 Å². The minimum atomic E-state index is -0.295. The van der Waals surface area contributed by atoms with Crippen LogP contribution in [0.15, 0.2) is 0 Å². The second-order valence-electron chi connectivity index (χ2n) is 5.82. The molecule has 2 aliphatic heterocycles. The number of halogens is 1. The van der Waals surface area contributed by atoms with Crippen LogP contribution in [0.25, 0.3) is 0 Å². The summed E-state index contributed by atoms with van der Waals surface area (Å²) < 4.78 is 1.67. The van der Waals surface area contributed by atoms with E-state index in [9.17, 15) is 9.59 Å². The third-order valence-corrected chi connectivity index (χ3v) is 4.84. The molecule has 0 saturated carbocycles. The highest BCUT2D eigenvalue weighted by atomic mass is 35.5. The van der Waals surface area contributed by atoms with Gasteiger partial charge in [-0.05, 0) is 26.3 Å². The number of carbonyl (C=O) groups is 2. The van der Waals surface area contributed by atoms with E-state index in [-0.39, 0.29) is 24.5 Å². The van der Waals surface area contributed by atoms with Crippen LogP contribution in [0.4, 0.5) is 4.79 Å². The predicted octanol–water partition coefficient (Wildman–Crippen LogP) is 1.07. The van der Waals surface area contributed by atoms with E-state index in [1.54, 1.807) is 4.68 Å². The van der Waals surface area contributed by atoms with Crippen LogP contribution in [0.1, 0.15) is 30.1 Å². The van der Waals surface area contributed by atoms with E-state index in [1.165, 1.54) is 4.90 Å². The van der Waals surface area contributed by atoms with Crippen LogP contribution < -0.4 is 5.32 Å². The number of aromatic nitrogens is 2. The summed E-state index contributed by atoms with van der Waals surface area (Å²) in [7, 11) is 1.82. The molecule has 1 N–H and O–H groups in total. The van der Waals surface area contributed by atoms with Crippen molar-refractivity contribution in [3.05, 3.63) is 16.4 Å². The van der Waals surface area contributed by atoms with Gasteiger partial charge >= 0.3 is 6.03 Å². The van der Waals surface area contributed by atoms with Gasteiger partial charge in [-0.25, -0.2) is 4.79 Å². The highest BCUT2D eigenvalue weighted by Crippen LogP contribution is 2.37. The first-order chi connectivity index (χ1) is 10.5. The first-order valence-corrected chi connectivity index (χ1v) is 7.88. The molecule has 120 valence electrons. The van der Waals surface area contributed by atoms with Gasteiger partial charge in [0, 0.05) is 31.7 Å². The molecular formula is C14H20ClN5O2. The summed E-state index contributed by atoms with van der Waals surface area (Å²) >= 11 is 6.36. The van der Waals surface area contributed by atoms with E-state index in [2.05, 4.69) is 15.3 Å². The Labute approximate surface area is 134 Å². The molecule has 1 aromatic heterocycles. The summed E-state index contributed by atoms with van der Waals surface area (Å²) in [6.45, 7) is 3.98. The summed E-state index contributed by atoms with van der Waals surface area (Å²) in [6.07, 6.45) is 1.96. The molecule has 3 rings (SSSR count). The Morgan fingerprint density at radius 2 is 2.23 bits per heavy atom. The highest BCUT2D eigenvalue weighted by Gasteiger charge is 2.34. The third-order valence-electron chi connectivity index (χ3n) is 4.39. The van der Waals surface area contributed by atoms with E-state index in [4.69, 9.17) is 11.6 Å². The zero-order valence-corrected chi connectivity index (χ0v) is 13.6. The Hall–Kier alpha value is -1.60. The number of nitrogens with one attached hydrogen (secondary N) is 1. The molecule has 22 heavy (non-hydrogen) atoms. The lowest BCUT2D eigenvalue weighted by molar-refractivity contribution is -0.129. The summed E-state index contributed by atoms with van der Waals surface area (Å²) in [4.78, 5) is 27.3. The third kappa shape index (κ3) is 2.59. The van der Waals surface area contributed by atoms with Crippen molar-refractivity contribution in [2.24, 2.45) is 7.05 Å². The molecule has 2 saturated heterocycles. The lowest BCUT2D eigenvalue weighted by atomic mass is 10.1. The fourth-order valence-corrected chi connectivity index (χ4v) is 3.64. The van der Waals surface area contributed by atoms with Gasteiger partial charge in [0.2, 0.25) is 5.91 Å². The van der Waals surface area contributed by atoms with E-state index in [1.807, 2.05) is 14.0 Å². The average molecular weight is 326 g/mol. The number of rotatable bonds is 3. The number of nitrogens with zero attached hydrogens (tertiary/aromatic N) is 4. The van der Waals surface area contributed by atoms with Crippen LogP contribution in [0.5, 0.6) is 0 Å². The SMILES string of the molecule is Cc1nn(C)c(Cl)c1C1CCCN1CC(=O)N1CCNC1=O. The molecule has 0 bridgehead atoms. The van der Waals surface area contributed by atoms with Gasteiger partial charge in [-0.15, -0.1) is 0 Å². The first-order valence-electron chi connectivity index (χ1n) is 7.50. The molecule has 0 aliphatic carbocycles. The van der Waals surface area contributed by atoms with E-state index in [0.717, 1.165) is 30.6 Å². The zero-order valence-electron chi connectivity index (χ0n) is 12.8. The summed E-state index contributed by atoms with van der Waals surface area (Å²) in [5.74, 6) is -0.153. The quantitative estimate of drug-likeness (QED) is 0.902. The lowest BCUT2D eigenvalue weighted by Crippen LogP contribution is -2.41. The van der Waals surface area contributed by atoms with Crippen LogP contribution in [-0.2, 0) is 11.8 Å². The summed E-state index contributed by atoms with van der Waals surface area (Å²) in [5, 5.41) is 7.64. The second kappa shape index (κ2) is 5.89. The van der Waals surface area contributed by atoms with Crippen molar-refractivity contribution >= 4 is 23.5 Å². The minimum Gasteiger partial charge on any atom is -0.336 e. The van der Waals surface area contributed by atoms with Crippen LogP contribution in [-0.4, -0.2) is 57.7 Å².